The van der Waals surface area contributed by atoms with Crippen molar-refractivity contribution < 1.29 is 9.53 Å². The van der Waals surface area contributed by atoms with Crippen LogP contribution in [0.3, 0.4) is 0 Å². The Morgan fingerprint density at radius 3 is 2.50 bits per heavy atom. The first-order valence-electron chi connectivity index (χ1n) is 7.70. The second-order valence-electron chi connectivity index (χ2n) is 4.98. The second kappa shape index (κ2) is 10.4. The van der Waals surface area contributed by atoms with E-state index < -0.39 is 0 Å². The lowest BCUT2D eigenvalue weighted by Crippen LogP contribution is -2.30. The predicted molar refractivity (Wildman–Crippen MR) is 82.8 cm³/mol. The van der Waals surface area contributed by atoms with Gasteiger partial charge in [0.2, 0.25) is 5.91 Å². The largest absolute Gasteiger partial charge is 0.381 e. The van der Waals surface area contributed by atoms with Gasteiger partial charge in [0.1, 0.15) is 0 Å². The van der Waals surface area contributed by atoms with Crippen LogP contribution in [0.2, 0.25) is 0 Å². The van der Waals surface area contributed by atoms with E-state index in [1.807, 2.05) is 37.3 Å². The maximum absolute atomic E-state index is 12.2. The van der Waals surface area contributed by atoms with Gasteiger partial charge in [0.05, 0.1) is 5.92 Å². The molecule has 0 saturated carbocycles. The van der Waals surface area contributed by atoms with E-state index in [1.54, 1.807) is 0 Å². The van der Waals surface area contributed by atoms with Crippen molar-refractivity contribution in [2.24, 2.45) is 0 Å². The molecule has 1 rings (SSSR count). The van der Waals surface area contributed by atoms with Crippen molar-refractivity contribution in [3.63, 3.8) is 0 Å². The Morgan fingerprint density at radius 2 is 1.85 bits per heavy atom. The highest BCUT2D eigenvalue weighted by molar-refractivity contribution is 5.83. The van der Waals surface area contributed by atoms with E-state index >= 15 is 0 Å². The average Bonchev–Trinajstić information content (AvgIpc) is 2.48. The molecular formula is C17H27NO2. The lowest BCUT2D eigenvalue weighted by molar-refractivity contribution is -0.122. The molecule has 1 amide bonds. The summed E-state index contributed by atoms with van der Waals surface area (Å²) in [4.78, 5) is 12.2. The Morgan fingerprint density at radius 1 is 1.15 bits per heavy atom. The third-order valence-corrected chi connectivity index (χ3v) is 3.33. The van der Waals surface area contributed by atoms with Gasteiger partial charge in [0.25, 0.3) is 0 Å². The molecule has 0 bridgehead atoms. The van der Waals surface area contributed by atoms with Crippen molar-refractivity contribution in [2.45, 2.75) is 45.4 Å². The predicted octanol–water partition coefficient (Wildman–Crippen LogP) is 3.50. The third kappa shape index (κ3) is 6.20. The first kappa shape index (κ1) is 16.7. The standard InChI is InChI=1S/C17H27NO2/c1-3-5-13-20-14-9-12-18-17(19)16(4-2)15-10-7-6-8-11-15/h6-8,10-11,16H,3-5,9,12-14H2,1-2H3,(H,18,19)/t16-/m1/s1. The summed E-state index contributed by atoms with van der Waals surface area (Å²) in [6, 6.07) is 9.96. The maximum Gasteiger partial charge on any atom is 0.227 e. The second-order valence-corrected chi connectivity index (χ2v) is 4.98. The Labute approximate surface area is 122 Å². The molecule has 0 radical (unpaired) electrons. The number of ether oxygens (including phenoxy) is 1. The molecule has 0 aliphatic heterocycles. The SMILES string of the molecule is CCCCOCCCNC(=O)[C@H](CC)c1ccccc1. The van der Waals surface area contributed by atoms with Gasteiger partial charge in [0, 0.05) is 19.8 Å². The molecule has 0 unspecified atom stereocenters. The minimum absolute atomic E-state index is 0.0443. The van der Waals surface area contributed by atoms with Crippen LogP contribution in [0.25, 0.3) is 0 Å². The zero-order valence-corrected chi connectivity index (χ0v) is 12.7. The summed E-state index contributed by atoms with van der Waals surface area (Å²) in [6.07, 6.45) is 3.97. The van der Waals surface area contributed by atoms with Gasteiger partial charge in [-0.05, 0) is 24.8 Å². The van der Waals surface area contributed by atoms with E-state index in [2.05, 4.69) is 12.2 Å². The molecule has 20 heavy (non-hydrogen) atoms. The van der Waals surface area contributed by atoms with Crippen molar-refractivity contribution in [1.82, 2.24) is 5.32 Å². The summed E-state index contributed by atoms with van der Waals surface area (Å²) in [5, 5.41) is 3.00. The lowest BCUT2D eigenvalue weighted by atomic mass is 9.96. The number of rotatable bonds is 10. The van der Waals surface area contributed by atoms with E-state index in [-0.39, 0.29) is 11.8 Å². The number of amides is 1. The summed E-state index contributed by atoms with van der Waals surface area (Å²) in [5.74, 6) is 0.0736. The van der Waals surface area contributed by atoms with Crippen molar-refractivity contribution in [3.05, 3.63) is 35.9 Å². The minimum atomic E-state index is -0.0443. The first-order valence-corrected chi connectivity index (χ1v) is 7.70. The Bertz CT molecular complexity index is 365. The molecule has 0 fully saturated rings. The van der Waals surface area contributed by atoms with E-state index in [9.17, 15) is 4.79 Å². The Kier molecular flexibility index (Phi) is 8.72. The fraction of sp³-hybridized carbons (Fsp3) is 0.588. The normalized spacial score (nSPS) is 12.1. The van der Waals surface area contributed by atoms with Gasteiger partial charge in [-0.1, -0.05) is 50.6 Å². The van der Waals surface area contributed by atoms with Crippen LogP contribution in [0.4, 0.5) is 0 Å². The zero-order chi connectivity index (χ0) is 14.6. The molecule has 0 spiro atoms. The Balaban J connectivity index is 2.24. The highest BCUT2D eigenvalue weighted by Gasteiger charge is 2.17. The first-order chi connectivity index (χ1) is 9.79. The molecule has 1 N–H and O–H groups in total. The number of unbranched alkanes of at least 4 members (excludes halogenated alkanes) is 1. The van der Waals surface area contributed by atoms with E-state index in [4.69, 9.17) is 4.74 Å². The number of nitrogens with one attached hydrogen (secondary N) is 1. The highest BCUT2D eigenvalue weighted by atomic mass is 16.5. The van der Waals surface area contributed by atoms with Crippen LogP contribution in [-0.2, 0) is 9.53 Å². The van der Waals surface area contributed by atoms with Crippen LogP contribution in [0.1, 0.15) is 51.0 Å². The zero-order valence-electron chi connectivity index (χ0n) is 12.7. The van der Waals surface area contributed by atoms with Crippen molar-refractivity contribution in [2.75, 3.05) is 19.8 Å². The van der Waals surface area contributed by atoms with Gasteiger partial charge >= 0.3 is 0 Å². The van der Waals surface area contributed by atoms with Crippen LogP contribution in [0, 0.1) is 0 Å². The highest BCUT2D eigenvalue weighted by Crippen LogP contribution is 2.18. The van der Waals surface area contributed by atoms with Crippen LogP contribution in [0.5, 0.6) is 0 Å². The summed E-state index contributed by atoms with van der Waals surface area (Å²) >= 11 is 0. The molecule has 3 heteroatoms. The molecule has 0 aliphatic carbocycles. The molecule has 0 saturated heterocycles. The number of hydrogen-bond acceptors (Lipinski definition) is 2. The van der Waals surface area contributed by atoms with Gasteiger partial charge in [0.15, 0.2) is 0 Å². The van der Waals surface area contributed by atoms with Crippen LogP contribution in [0.15, 0.2) is 30.3 Å². The van der Waals surface area contributed by atoms with Crippen molar-refractivity contribution in [1.29, 1.82) is 0 Å². The maximum atomic E-state index is 12.2. The number of benzene rings is 1. The van der Waals surface area contributed by atoms with Gasteiger partial charge in [-0.15, -0.1) is 0 Å². The van der Waals surface area contributed by atoms with Gasteiger partial charge in [-0.25, -0.2) is 0 Å². The fourth-order valence-electron chi connectivity index (χ4n) is 2.12. The third-order valence-electron chi connectivity index (χ3n) is 3.33. The molecule has 0 heterocycles. The van der Waals surface area contributed by atoms with E-state index in [0.717, 1.165) is 44.5 Å². The average molecular weight is 277 g/mol. The van der Waals surface area contributed by atoms with Crippen LogP contribution >= 0.6 is 0 Å². The van der Waals surface area contributed by atoms with E-state index in [1.165, 1.54) is 0 Å². The fourth-order valence-corrected chi connectivity index (χ4v) is 2.12. The molecule has 0 aliphatic rings. The molecule has 3 nitrogen and oxygen atoms in total. The summed E-state index contributed by atoms with van der Waals surface area (Å²) in [5.41, 5.74) is 1.09. The molecule has 1 atom stereocenters. The van der Waals surface area contributed by atoms with E-state index in [0.29, 0.717) is 6.54 Å². The summed E-state index contributed by atoms with van der Waals surface area (Å²) in [7, 11) is 0. The smallest absolute Gasteiger partial charge is 0.227 e. The summed E-state index contributed by atoms with van der Waals surface area (Å²) in [6.45, 7) is 6.44. The van der Waals surface area contributed by atoms with Crippen molar-refractivity contribution >= 4 is 5.91 Å². The molecule has 112 valence electrons. The van der Waals surface area contributed by atoms with Gasteiger partial charge < -0.3 is 10.1 Å². The van der Waals surface area contributed by atoms with Gasteiger partial charge in [-0.2, -0.15) is 0 Å². The number of carbonyl (C=O) groups is 1. The molecule has 1 aromatic rings. The van der Waals surface area contributed by atoms with Crippen LogP contribution < -0.4 is 5.32 Å². The topological polar surface area (TPSA) is 38.3 Å². The number of hydrogen-bond donors (Lipinski definition) is 1. The molecular weight excluding hydrogens is 250 g/mol. The monoisotopic (exact) mass is 277 g/mol. The minimum Gasteiger partial charge on any atom is -0.381 e. The quantitative estimate of drug-likeness (QED) is 0.665. The molecule has 0 aromatic heterocycles. The Hall–Kier alpha value is -1.35. The van der Waals surface area contributed by atoms with Crippen molar-refractivity contribution in [3.8, 4) is 0 Å². The molecule has 1 aromatic carbocycles. The van der Waals surface area contributed by atoms with Gasteiger partial charge in [-0.3, -0.25) is 4.79 Å². The van der Waals surface area contributed by atoms with Crippen LogP contribution in [-0.4, -0.2) is 25.7 Å². The lowest BCUT2D eigenvalue weighted by Gasteiger charge is -2.15. The number of carbonyl (C=O) groups excluding carboxylic acids is 1. The summed E-state index contributed by atoms with van der Waals surface area (Å²) < 4.78 is 5.48.